The Morgan fingerprint density at radius 3 is 1.74 bits per heavy atom. The fraction of sp³-hybridized carbons (Fsp3) is 0.333. The van der Waals surface area contributed by atoms with Crippen molar-refractivity contribution in [2.24, 2.45) is 0 Å². The first-order chi connectivity index (χ1) is 8.79. The predicted molar refractivity (Wildman–Crippen MR) is 73.4 cm³/mol. The Morgan fingerprint density at radius 2 is 1.32 bits per heavy atom. The van der Waals surface area contributed by atoms with Gasteiger partial charge in [0, 0.05) is 25.0 Å². The summed E-state index contributed by atoms with van der Waals surface area (Å²) in [5.41, 5.74) is 2.92. The van der Waals surface area contributed by atoms with Crippen LogP contribution in [-0.2, 0) is 9.59 Å². The average molecular weight is 262 g/mol. The molecule has 19 heavy (non-hydrogen) atoms. The Balaban J connectivity index is 3.57. The highest BCUT2D eigenvalue weighted by molar-refractivity contribution is 5.78. The summed E-state index contributed by atoms with van der Waals surface area (Å²) in [4.78, 5) is 22.3. The summed E-state index contributed by atoms with van der Waals surface area (Å²) >= 11 is 0. The maximum Gasteiger partial charge on any atom is 0.308 e. The van der Waals surface area contributed by atoms with Crippen molar-refractivity contribution in [2.75, 3.05) is 0 Å². The lowest BCUT2D eigenvalue weighted by Crippen LogP contribution is -2.10. The van der Waals surface area contributed by atoms with Gasteiger partial charge in [-0.05, 0) is 31.9 Å². The van der Waals surface area contributed by atoms with E-state index in [-0.39, 0.29) is 5.97 Å². The van der Waals surface area contributed by atoms with E-state index in [1.807, 2.05) is 13.8 Å². The van der Waals surface area contributed by atoms with Gasteiger partial charge >= 0.3 is 11.9 Å². The van der Waals surface area contributed by atoms with E-state index < -0.39 is 5.97 Å². The standard InChI is InChI=1S/C15H18O4/c1-7-13-10(4)14(18-11(5)16)8(2)9(3)15(13)19-12(6)17/h7H,1H2,2-6H3. The molecule has 4 heteroatoms. The van der Waals surface area contributed by atoms with Crippen molar-refractivity contribution in [3.8, 4) is 11.5 Å². The fourth-order valence-corrected chi connectivity index (χ4v) is 1.93. The van der Waals surface area contributed by atoms with Gasteiger partial charge in [0.1, 0.15) is 11.5 Å². The van der Waals surface area contributed by atoms with E-state index in [1.54, 1.807) is 13.0 Å². The summed E-state index contributed by atoms with van der Waals surface area (Å²) < 4.78 is 10.5. The second-order valence-corrected chi connectivity index (χ2v) is 4.34. The number of benzene rings is 1. The topological polar surface area (TPSA) is 52.6 Å². The molecule has 0 bridgehead atoms. The molecule has 102 valence electrons. The van der Waals surface area contributed by atoms with Gasteiger partial charge in [-0.1, -0.05) is 12.7 Å². The molecule has 0 heterocycles. The maximum absolute atomic E-state index is 11.2. The second kappa shape index (κ2) is 5.69. The van der Waals surface area contributed by atoms with Gasteiger partial charge in [-0.2, -0.15) is 0 Å². The molecule has 0 fully saturated rings. The van der Waals surface area contributed by atoms with Crippen molar-refractivity contribution in [1.82, 2.24) is 0 Å². The molecule has 0 saturated heterocycles. The van der Waals surface area contributed by atoms with E-state index in [2.05, 4.69) is 6.58 Å². The van der Waals surface area contributed by atoms with Crippen molar-refractivity contribution >= 4 is 18.0 Å². The molecule has 0 unspecified atom stereocenters. The Morgan fingerprint density at radius 1 is 0.895 bits per heavy atom. The van der Waals surface area contributed by atoms with Gasteiger partial charge in [0.05, 0.1) is 0 Å². The smallest absolute Gasteiger partial charge is 0.308 e. The molecule has 0 aliphatic heterocycles. The minimum atomic E-state index is -0.398. The van der Waals surface area contributed by atoms with Gasteiger partial charge < -0.3 is 9.47 Å². The zero-order valence-electron chi connectivity index (χ0n) is 11.9. The number of esters is 2. The van der Waals surface area contributed by atoms with E-state index in [0.29, 0.717) is 17.1 Å². The van der Waals surface area contributed by atoms with E-state index in [4.69, 9.17) is 9.47 Å². The Bertz CT molecular complexity index is 556. The van der Waals surface area contributed by atoms with Crippen LogP contribution in [0, 0.1) is 20.8 Å². The molecule has 0 saturated carbocycles. The molecule has 1 rings (SSSR count). The van der Waals surface area contributed by atoms with Crippen molar-refractivity contribution in [1.29, 1.82) is 0 Å². The fourth-order valence-electron chi connectivity index (χ4n) is 1.93. The normalized spacial score (nSPS) is 9.95. The first kappa shape index (κ1) is 15.0. The van der Waals surface area contributed by atoms with E-state index >= 15 is 0 Å². The third kappa shape index (κ3) is 3.02. The molecule has 0 spiro atoms. The van der Waals surface area contributed by atoms with Gasteiger partial charge in [-0.15, -0.1) is 0 Å². The SMILES string of the molecule is C=Cc1c(C)c(OC(C)=O)c(C)c(C)c1OC(C)=O. The van der Waals surface area contributed by atoms with Gasteiger partial charge in [0.25, 0.3) is 0 Å². The summed E-state index contributed by atoms with van der Waals surface area (Å²) in [6, 6.07) is 0. The van der Waals surface area contributed by atoms with Crippen LogP contribution in [0.25, 0.3) is 6.08 Å². The molecule has 4 nitrogen and oxygen atoms in total. The highest BCUT2D eigenvalue weighted by atomic mass is 16.5. The second-order valence-electron chi connectivity index (χ2n) is 4.34. The lowest BCUT2D eigenvalue weighted by Gasteiger charge is -2.18. The summed E-state index contributed by atoms with van der Waals surface area (Å²) in [6.07, 6.45) is 1.59. The van der Waals surface area contributed by atoms with Crippen LogP contribution in [0.5, 0.6) is 11.5 Å². The zero-order chi connectivity index (χ0) is 14.7. The van der Waals surface area contributed by atoms with Gasteiger partial charge in [0.15, 0.2) is 0 Å². The van der Waals surface area contributed by atoms with Crippen LogP contribution < -0.4 is 9.47 Å². The van der Waals surface area contributed by atoms with Crippen LogP contribution in [-0.4, -0.2) is 11.9 Å². The number of carbonyl (C=O) groups is 2. The summed E-state index contributed by atoms with van der Waals surface area (Å²) in [7, 11) is 0. The number of hydrogen-bond donors (Lipinski definition) is 0. The third-order valence-corrected chi connectivity index (χ3v) is 2.93. The molecular formula is C15H18O4. The molecule has 0 atom stereocenters. The Labute approximate surface area is 113 Å². The largest absolute Gasteiger partial charge is 0.426 e. The van der Waals surface area contributed by atoms with Crippen LogP contribution in [0.2, 0.25) is 0 Å². The molecule has 0 aromatic heterocycles. The Hall–Kier alpha value is -2.10. The van der Waals surface area contributed by atoms with Crippen LogP contribution in [0.4, 0.5) is 0 Å². The average Bonchev–Trinajstić information content (AvgIpc) is 2.31. The molecule has 0 aliphatic rings. The molecule has 0 N–H and O–H groups in total. The molecule has 1 aromatic carbocycles. The van der Waals surface area contributed by atoms with E-state index in [0.717, 1.165) is 16.7 Å². The highest BCUT2D eigenvalue weighted by Crippen LogP contribution is 2.38. The molecule has 0 amide bonds. The lowest BCUT2D eigenvalue weighted by molar-refractivity contribution is -0.133. The van der Waals surface area contributed by atoms with Crippen LogP contribution in [0.1, 0.15) is 36.1 Å². The van der Waals surface area contributed by atoms with Crippen molar-refractivity contribution in [3.05, 3.63) is 28.8 Å². The number of rotatable bonds is 3. The van der Waals surface area contributed by atoms with Crippen LogP contribution >= 0.6 is 0 Å². The Kier molecular flexibility index (Phi) is 4.48. The predicted octanol–water partition coefficient (Wildman–Crippen LogP) is 3.11. The van der Waals surface area contributed by atoms with Crippen molar-refractivity contribution in [3.63, 3.8) is 0 Å². The molecule has 0 aliphatic carbocycles. The molecule has 0 radical (unpaired) electrons. The quantitative estimate of drug-likeness (QED) is 0.620. The molecular weight excluding hydrogens is 244 g/mol. The highest BCUT2D eigenvalue weighted by Gasteiger charge is 2.19. The van der Waals surface area contributed by atoms with Crippen LogP contribution in [0.3, 0.4) is 0 Å². The number of hydrogen-bond acceptors (Lipinski definition) is 4. The van der Waals surface area contributed by atoms with Crippen molar-refractivity contribution < 1.29 is 19.1 Å². The minimum absolute atomic E-state index is 0.388. The van der Waals surface area contributed by atoms with Gasteiger partial charge in [-0.25, -0.2) is 0 Å². The first-order valence-corrected chi connectivity index (χ1v) is 5.92. The monoisotopic (exact) mass is 262 g/mol. The maximum atomic E-state index is 11.2. The summed E-state index contributed by atoms with van der Waals surface area (Å²) in [5.74, 6) is 0.176. The zero-order valence-corrected chi connectivity index (χ0v) is 11.9. The van der Waals surface area contributed by atoms with Gasteiger partial charge in [0.2, 0.25) is 0 Å². The van der Waals surface area contributed by atoms with Crippen molar-refractivity contribution in [2.45, 2.75) is 34.6 Å². The van der Waals surface area contributed by atoms with Crippen LogP contribution in [0.15, 0.2) is 6.58 Å². The number of carbonyl (C=O) groups excluding carboxylic acids is 2. The van der Waals surface area contributed by atoms with Gasteiger partial charge in [-0.3, -0.25) is 9.59 Å². The third-order valence-electron chi connectivity index (χ3n) is 2.93. The molecule has 1 aromatic rings. The first-order valence-electron chi connectivity index (χ1n) is 5.92. The number of ether oxygens (including phenoxy) is 2. The lowest BCUT2D eigenvalue weighted by atomic mass is 9.97. The summed E-state index contributed by atoms with van der Waals surface area (Å²) in [5, 5.41) is 0. The van der Waals surface area contributed by atoms with E-state index in [9.17, 15) is 9.59 Å². The summed E-state index contributed by atoms with van der Waals surface area (Å²) in [6.45, 7) is 11.8. The van der Waals surface area contributed by atoms with E-state index in [1.165, 1.54) is 13.8 Å². The minimum Gasteiger partial charge on any atom is -0.426 e.